The van der Waals surface area contributed by atoms with Gasteiger partial charge >= 0.3 is 0 Å². The van der Waals surface area contributed by atoms with Crippen molar-refractivity contribution in [3.05, 3.63) is 42.7 Å². The largest absolute Gasteiger partial charge is 0.492 e. The van der Waals surface area contributed by atoms with Gasteiger partial charge in [0.1, 0.15) is 12.4 Å². The molecule has 0 saturated carbocycles. The van der Waals surface area contributed by atoms with Crippen LogP contribution in [0.25, 0.3) is 11.6 Å². The van der Waals surface area contributed by atoms with Gasteiger partial charge in [0, 0.05) is 13.1 Å². The summed E-state index contributed by atoms with van der Waals surface area (Å²) in [5, 5.41) is 12.1. The summed E-state index contributed by atoms with van der Waals surface area (Å²) in [5.74, 6) is 1.51. The van der Waals surface area contributed by atoms with Crippen molar-refractivity contribution >= 4 is 10.0 Å². The van der Waals surface area contributed by atoms with Gasteiger partial charge in [-0.15, -0.1) is 10.2 Å². The lowest BCUT2D eigenvalue weighted by Gasteiger charge is -2.26. The number of benzene rings is 1. The molecule has 3 heterocycles. The van der Waals surface area contributed by atoms with E-state index in [9.17, 15) is 8.42 Å². The Labute approximate surface area is 161 Å². The molecule has 0 N–H and O–H groups in total. The third-order valence-electron chi connectivity index (χ3n) is 4.19. The van der Waals surface area contributed by atoms with E-state index in [1.807, 2.05) is 0 Å². The van der Waals surface area contributed by atoms with Gasteiger partial charge in [0.2, 0.25) is 15.8 Å². The summed E-state index contributed by atoms with van der Waals surface area (Å²) >= 11 is 0. The van der Waals surface area contributed by atoms with Crippen molar-refractivity contribution in [2.24, 2.45) is 0 Å². The minimum absolute atomic E-state index is 0.239. The molecule has 1 aromatic carbocycles. The molecule has 3 aromatic rings. The summed E-state index contributed by atoms with van der Waals surface area (Å²) < 4.78 is 42.7. The van der Waals surface area contributed by atoms with Crippen molar-refractivity contribution in [1.82, 2.24) is 24.5 Å². The Hall–Kier alpha value is -2.76. The third-order valence-corrected chi connectivity index (χ3v) is 6.10. The Morgan fingerprint density at radius 3 is 2.61 bits per heavy atom. The second kappa shape index (κ2) is 8.09. The molecule has 28 heavy (non-hydrogen) atoms. The first-order valence-electron chi connectivity index (χ1n) is 8.75. The van der Waals surface area contributed by atoms with Gasteiger partial charge in [0.15, 0.2) is 5.76 Å². The number of aromatic nitrogens is 4. The number of rotatable bonds is 7. The molecule has 1 saturated heterocycles. The van der Waals surface area contributed by atoms with Crippen LogP contribution in [0.1, 0.15) is 0 Å². The molecular formula is C17H19N5O5S. The van der Waals surface area contributed by atoms with Crippen molar-refractivity contribution in [3.63, 3.8) is 0 Å². The Morgan fingerprint density at radius 1 is 1.11 bits per heavy atom. The molecule has 1 fully saturated rings. The number of furan rings is 1. The van der Waals surface area contributed by atoms with E-state index in [2.05, 4.69) is 15.4 Å². The lowest BCUT2D eigenvalue weighted by atomic mass is 10.3. The number of ether oxygens (including phenoxy) is 2. The first-order valence-corrected chi connectivity index (χ1v) is 10.2. The minimum atomic E-state index is -3.50. The number of morpholine rings is 1. The van der Waals surface area contributed by atoms with E-state index < -0.39 is 10.0 Å². The highest BCUT2D eigenvalue weighted by atomic mass is 32.2. The van der Waals surface area contributed by atoms with Crippen LogP contribution in [0.15, 0.2) is 52.0 Å². The standard InChI is InChI=1S/C17H19N5O5S/c23-28(24,21-7-11-25-12-8-21)15-5-3-14(4-6-15)26-13-9-22-19-17(18-20-22)16-2-1-10-27-16/h1-6,10H,7-9,11-13H2. The van der Waals surface area contributed by atoms with Crippen LogP contribution < -0.4 is 4.74 Å². The lowest BCUT2D eigenvalue weighted by molar-refractivity contribution is 0.0730. The van der Waals surface area contributed by atoms with Gasteiger partial charge in [-0.05, 0) is 41.6 Å². The summed E-state index contributed by atoms with van der Waals surface area (Å²) in [7, 11) is -3.50. The molecule has 4 rings (SSSR count). The Bertz CT molecular complexity index is 995. The zero-order chi connectivity index (χ0) is 19.4. The summed E-state index contributed by atoms with van der Waals surface area (Å²) in [6.45, 7) is 2.26. The predicted octanol–water partition coefficient (Wildman–Crippen LogP) is 1.03. The molecule has 1 aliphatic rings. The van der Waals surface area contributed by atoms with Crippen LogP contribution in [-0.2, 0) is 21.3 Å². The maximum absolute atomic E-state index is 12.6. The molecule has 0 spiro atoms. The van der Waals surface area contributed by atoms with Gasteiger partial charge in [-0.1, -0.05) is 0 Å². The van der Waals surface area contributed by atoms with Gasteiger partial charge in [0.25, 0.3) is 0 Å². The zero-order valence-corrected chi connectivity index (χ0v) is 15.8. The molecule has 0 aliphatic carbocycles. The SMILES string of the molecule is O=S(=O)(c1ccc(OCCn2nnc(-c3ccco3)n2)cc1)N1CCOCC1. The molecule has 0 bridgehead atoms. The Morgan fingerprint density at radius 2 is 1.89 bits per heavy atom. The van der Waals surface area contributed by atoms with Crippen molar-refractivity contribution in [1.29, 1.82) is 0 Å². The molecule has 148 valence electrons. The number of hydrogen-bond donors (Lipinski definition) is 0. The average molecular weight is 405 g/mol. The monoisotopic (exact) mass is 405 g/mol. The second-order valence-corrected chi connectivity index (χ2v) is 7.96. The van der Waals surface area contributed by atoms with Gasteiger partial charge in [-0.2, -0.15) is 9.10 Å². The molecule has 11 heteroatoms. The molecule has 2 aromatic heterocycles. The van der Waals surface area contributed by atoms with Crippen LogP contribution in [0.4, 0.5) is 0 Å². The molecule has 0 radical (unpaired) electrons. The van der Waals surface area contributed by atoms with E-state index in [-0.39, 0.29) is 4.90 Å². The second-order valence-electron chi connectivity index (χ2n) is 6.02. The highest BCUT2D eigenvalue weighted by Crippen LogP contribution is 2.20. The molecule has 10 nitrogen and oxygen atoms in total. The van der Waals surface area contributed by atoms with Gasteiger partial charge < -0.3 is 13.9 Å². The van der Waals surface area contributed by atoms with E-state index >= 15 is 0 Å². The van der Waals surface area contributed by atoms with Crippen LogP contribution in [0.3, 0.4) is 0 Å². The molecular weight excluding hydrogens is 386 g/mol. The summed E-state index contributed by atoms with van der Waals surface area (Å²) in [4.78, 5) is 1.65. The smallest absolute Gasteiger partial charge is 0.243 e. The summed E-state index contributed by atoms with van der Waals surface area (Å²) in [6, 6.07) is 9.87. The summed E-state index contributed by atoms with van der Waals surface area (Å²) in [5.41, 5.74) is 0. The van der Waals surface area contributed by atoms with Crippen LogP contribution in [0.5, 0.6) is 5.75 Å². The number of hydrogen-bond acceptors (Lipinski definition) is 8. The number of tetrazole rings is 1. The fourth-order valence-electron chi connectivity index (χ4n) is 2.73. The highest BCUT2D eigenvalue weighted by Gasteiger charge is 2.26. The van der Waals surface area contributed by atoms with E-state index in [1.165, 1.54) is 9.10 Å². The zero-order valence-electron chi connectivity index (χ0n) is 15.0. The van der Waals surface area contributed by atoms with Crippen LogP contribution in [-0.4, -0.2) is 65.8 Å². The maximum atomic E-state index is 12.6. The van der Waals surface area contributed by atoms with Crippen LogP contribution in [0, 0.1) is 0 Å². The van der Waals surface area contributed by atoms with Gasteiger partial charge in [0.05, 0.1) is 30.9 Å². The predicted molar refractivity (Wildman–Crippen MR) is 97.0 cm³/mol. The van der Waals surface area contributed by atoms with Gasteiger partial charge in [-0.3, -0.25) is 0 Å². The Balaban J connectivity index is 1.32. The Kier molecular flexibility index (Phi) is 5.37. The van der Waals surface area contributed by atoms with E-state index in [1.54, 1.807) is 42.7 Å². The summed E-state index contributed by atoms with van der Waals surface area (Å²) in [6.07, 6.45) is 1.54. The van der Waals surface area contributed by atoms with E-state index in [4.69, 9.17) is 13.9 Å². The van der Waals surface area contributed by atoms with E-state index in [0.29, 0.717) is 56.8 Å². The van der Waals surface area contributed by atoms with Crippen molar-refractivity contribution < 1.29 is 22.3 Å². The molecule has 1 aliphatic heterocycles. The lowest BCUT2D eigenvalue weighted by Crippen LogP contribution is -2.40. The molecule has 0 unspecified atom stereocenters. The number of nitrogens with zero attached hydrogens (tertiary/aromatic N) is 5. The molecule has 0 atom stereocenters. The van der Waals surface area contributed by atoms with Crippen LogP contribution in [0.2, 0.25) is 0 Å². The maximum Gasteiger partial charge on any atom is 0.243 e. The van der Waals surface area contributed by atoms with E-state index in [0.717, 1.165) is 0 Å². The third kappa shape index (κ3) is 4.06. The van der Waals surface area contributed by atoms with Crippen molar-refractivity contribution in [2.75, 3.05) is 32.9 Å². The molecule has 0 amide bonds. The highest BCUT2D eigenvalue weighted by molar-refractivity contribution is 7.89. The minimum Gasteiger partial charge on any atom is -0.492 e. The fourth-order valence-corrected chi connectivity index (χ4v) is 4.14. The first-order chi connectivity index (χ1) is 13.6. The quantitative estimate of drug-likeness (QED) is 0.573. The van der Waals surface area contributed by atoms with Crippen molar-refractivity contribution in [2.45, 2.75) is 11.4 Å². The number of sulfonamides is 1. The van der Waals surface area contributed by atoms with Crippen LogP contribution >= 0.6 is 0 Å². The normalized spacial score (nSPS) is 15.6. The fraction of sp³-hybridized carbons (Fsp3) is 0.353. The van der Waals surface area contributed by atoms with Gasteiger partial charge in [-0.25, -0.2) is 8.42 Å². The topological polar surface area (TPSA) is 113 Å². The first kappa shape index (κ1) is 18.6. The van der Waals surface area contributed by atoms with Crippen molar-refractivity contribution in [3.8, 4) is 17.3 Å². The average Bonchev–Trinajstić information content (AvgIpc) is 3.41.